The Bertz CT molecular complexity index is 357. The van der Waals surface area contributed by atoms with Gasteiger partial charge in [-0.1, -0.05) is 94.4 Å². The molecule has 7 atom stereocenters. The van der Waals surface area contributed by atoms with Crippen molar-refractivity contribution in [3.8, 4) is 0 Å². The van der Waals surface area contributed by atoms with Crippen molar-refractivity contribution in [2.45, 2.75) is 114 Å². The summed E-state index contributed by atoms with van der Waals surface area (Å²) in [6.45, 7) is 22.3. The lowest BCUT2D eigenvalue weighted by Gasteiger charge is -2.56. The molecule has 0 saturated heterocycles. The van der Waals surface area contributed by atoms with E-state index in [-0.39, 0.29) is 0 Å². The monoisotopic (exact) mass is 350 g/mol. The predicted octanol–water partition coefficient (Wildman–Crippen LogP) is 8.60. The molecule has 0 radical (unpaired) electrons. The Morgan fingerprint density at radius 3 is 2.12 bits per heavy atom. The van der Waals surface area contributed by atoms with Crippen LogP contribution in [-0.4, -0.2) is 0 Å². The molecule has 0 aliphatic heterocycles. The van der Waals surface area contributed by atoms with Gasteiger partial charge in [0.1, 0.15) is 0 Å². The fourth-order valence-corrected chi connectivity index (χ4v) is 5.60. The zero-order valence-corrected chi connectivity index (χ0v) is 19.2. The normalized spacial score (nSPS) is 29.8. The minimum Gasteiger partial charge on any atom is -0.0654 e. The van der Waals surface area contributed by atoms with Gasteiger partial charge in [-0.15, -0.1) is 0 Å². The molecule has 1 saturated carbocycles. The van der Waals surface area contributed by atoms with E-state index in [2.05, 4.69) is 62.3 Å². The maximum atomic E-state index is 2.65. The van der Waals surface area contributed by atoms with Gasteiger partial charge in [-0.2, -0.15) is 0 Å². The molecule has 0 aromatic heterocycles. The summed E-state index contributed by atoms with van der Waals surface area (Å²) in [5.41, 5.74) is 0.553. The summed E-state index contributed by atoms with van der Waals surface area (Å²) in [6.07, 6.45) is 11.4. The van der Waals surface area contributed by atoms with Crippen LogP contribution in [-0.2, 0) is 0 Å². The molecule has 0 amide bonds. The van der Waals surface area contributed by atoms with Crippen LogP contribution in [0.5, 0.6) is 0 Å². The zero-order chi connectivity index (χ0) is 19.2. The van der Waals surface area contributed by atoms with E-state index in [9.17, 15) is 0 Å². The highest BCUT2D eigenvalue weighted by atomic mass is 14.5. The fraction of sp³-hybridized carbons (Fsp3) is 1.00. The summed E-state index contributed by atoms with van der Waals surface area (Å²) in [7, 11) is 0. The molecule has 0 bridgehead atoms. The van der Waals surface area contributed by atoms with Crippen molar-refractivity contribution >= 4 is 0 Å². The molecule has 7 unspecified atom stereocenters. The van der Waals surface area contributed by atoms with Crippen molar-refractivity contribution in [2.75, 3.05) is 0 Å². The van der Waals surface area contributed by atoms with Crippen molar-refractivity contribution in [2.24, 2.45) is 46.8 Å². The van der Waals surface area contributed by atoms with Gasteiger partial charge < -0.3 is 0 Å². The Hall–Kier alpha value is 0. The van der Waals surface area contributed by atoms with Crippen LogP contribution in [0.2, 0.25) is 0 Å². The van der Waals surface area contributed by atoms with Gasteiger partial charge in [0.15, 0.2) is 0 Å². The molecule has 1 rings (SSSR count). The van der Waals surface area contributed by atoms with Crippen molar-refractivity contribution in [3.63, 3.8) is 0 Å². The van der Waals surface area contributed by atoms with Crippen molar-refractivity contribution < 1.29 is 0 Å². The van der Waals surface area contributed by atoms with Gasteiger partial charge in [-0.25, -0.2) is 0 Å². The molecule has 1 fully saturated rings. The molecule has 1 aliphatic rings. The van der Waals surface area contributed by atoms with Gasteiger partial charge in [-0.05, 0) is 66.1 Å². The van der Waals surface area contributed by atoms with E-state index in [0.717, 1.165) is 41.4 Å². The first kappa shape index (κ1) is 23.0. The Morgan fingerprint density at radius 2 is 1.64 bits per heavy atom. The van der Waals surface area contributed by atoms with Gasteiger partial charge >= 0.3 is 0 Å². The van der Waals surface area contributed by atoms with Crippen LogP contribution in [0.3, 0.4) is 0 Å². The molecule has 0 N–H and O–H groups in total. The fourth-order valence-electron chi connectivity index (χ4n) is 5.60. The van der Waals surface area contributed by atoms with E-state index in [4.69, 9.17) is 0 Å². The maximum Gasteiger partial charge on any atom is -0.0267 e. The van der Waals surface area contributed by atoms with E-state index in [1.165, 1.54) is 51.4 Å². The molecule has 0 spiro atoms. The Kier molecular flexibility index (Phi) is 9.55. The molecule has 0 heteroatoms. The summed E-state index contributed by atoms with van der Waals surface area (Å²) in [5, 5.41) is 0. The first-order valence-corrected chi connectivity index (χ1v) is 11.7. The lowest BCUT2D eigenvalue weighted by atomic mass is 9.49. The minimum absolute atomic E-state index is 0.553. The van der Waals surface area contributed by atoms with Crippen molar-refractivity contribution in [3.05, 3.63) is 0 Å². The second-order valence-corrected chi connectivity index (χ2v) is 10.5. The molecule has 1 aliphatic carbocycles. The molecular weight excluding hydrogens is 300 g/mol. The van der Waals surface area contributed by atoms with Crippen LogP contribution in [0.25, 0.3) is 0 Å². The number of rotatable bonds is 12. The van der Waals surface area contributed by atoms with Gasteiger partial charge in [0.2, 0.25) is 0 Å². The first-order chi connectivity index (χ1) is 11.7. The molecule has 0 aromatic carbocycles. The van der Waals surface area contributed by atoms with Crippen molar-refractivity contribution in [1.82, 2.24) is 0 Å². The van der Waals surface area contributed by atoms with E-state index in [1.54, 1.807) is 0 Å². The quantitative estimate of drug-likeness (QED) is 0.309. The molecule has 0 aromatic rings. The summed E-state index contributed by atoms with van der Waals surface area (Å²) in [4.78, 5) is 0. The van der Waals surface area contributed by atoms with E-state index < -0.39 is 0 Å². The second kappa shape index (κ2) is 10.4. The highest BCUT2D eigenvalue weighted by molar-refractivity contribution is 4.99. The van der Waals surface area contributed by atoms with Crippen LogP contribution >= 0.6 is 0 Å². The van der Waals surface area contributed by atoms with Gasteiger partial charge in [-0.3, -0.25) is 0 Å². The van der Waals surface area contributed by atoms with Crippen LogP contribution in [0.15, 0.2) is 0 Å². The molecule has 150 valence electrons. The number of hydrogen-bond acceptors (Lipinski definition) is 0. The van der Waals surface area contributed by atoms with Gasteiger partial charge in [0.25, 0.3) is 0 Å². The zero-order valence-electron chi connectivity index (χ0n) is 19.2. The molecule has 0 heterocycles. The second-order valence-electron chi connectivity index (χ2n) is 10.5. The Morgan fingerprint density at radius 1 is 1.00 bits per heavy atom. The number of unbranched alkanes of at least 4 members (excludes halogenated alkanes) is 2. The topological polar surface area (TPSA) is 0 Å². The Balaban J connectivity index is 2.69. The average molecular weight is 351 g/mol. The molecule has 0 nitrogen and oxygen atoms in total. The summed E-state index contributed by atoms with van der Waals surface area (Å²) < 4.78 is 0. The van der Waals surface area contributed by atoms with Crippen LogP contribution in [0.1, 0.15) is 114 Å². The van der Waals surface area contributed by atoms with E-state index in [0.29, 0.717) is 5.41 Å². The summed E-state index contributed by atoms with van der Waals surface area (Å²) in [6, 6.07) is 0. The third kappa shape index (κ3) is 6.00. The smallest absolute Gasteiger partial charge is 0.0267 e. The first-order valence-electron chi connectivity index (χ1n) is 11.7. The van der Waals surface area contributed by atoms with Crippen LogP contribution in [0, 0.1) is 46.8 Å². The van der Waals surface area contributed by atoms with Crippen LogP contribution in [0.4, 0.5) is 0 Å². The molecule has 25 heavy (non-hydrogen) atoms. The summed E-state index contributed by atoms with van der Waals surface area (Å²) in [5.74, 6) is 6.36. The average Bonchev–Trinajstić information content (AvgIpc) is 2.56. The lowest BCUT2D eigenvalue weighted by Crippen LogP contribution is -2.49. The van der Waals surface area contributed by atoms with Gasteiger partial charge in [0.05, 0.1) is 0 Å². The highest BCUT2D eigenvalue weighted by Crippen LogP contribution is 2.58. The Labute approximate surface area is 160 Å². The summed E-state index contributed by atoms with van der Waals surface area (Å²) >= 11 is 0. The van der Waals surface area contributed by atoms with Crippen molar-refractivity contribution in [1.29, 1.82) is 0 Å². The minimum atomic E-state index is 0.553. The van der Waals surface area contributed by atoms with E-state index >= 15 is 0 Å². The number of hydrogen-bond donors (Lipinski definition) is 0. The largest absolute Gasteiger partial charge is 0.0654 e. The lowest BCUT2D eigenvalue weighted by molar-refractivity contribution is -0.0723. The third-order valence-electron chi connectivity index (χ3n) is 8.42. The van der Waals surface area contributed by atoms with E-state index in [1.807, 2.05) is 0 Å². The van der Waals surface area contributed by atoms with Crippen LogP contribution < -0.4 is 0 Å². The SMILES string of the molecule is CCCCCC(C)CC(C)(C(C)CC)C1CC(CC(C)C(C)C)C1C. The highest BCUT2D eigenvalue weighted by Gasteiger charge is 2.50. The van der Waals surface area contributed by atoms with Gasteiger partial charge in [0, 0.05) is 0 Å². The standard InChI is InChI=1S/C25H50/c1-10-12-13-14-19(5)17-25(9,21(7)11-2)24-16-23(22(24)8)15-20(6)18(3)4/h18-24H,10-17H2,1-9H3. The predicted molar refractivity (Wildman–Crippen MR) is 115 cm³/mol. The molecular formula is C25H50. The maximum absolute atomic E-state index is 2.65. The third-order valence-corrected chi connectivity index (χ3v) is 8.42.